The smallest absolute Gasteiger partial charge is 0.312 e. The van der Waals surface area contributed by atoms with Gasteiger partial charge in [-0.15, -0.1) is 0 Å². The molecule has 6 nitrogen and oxygen atoms in total. The molecular formula is C9H8ClIN2O4. The standard InChI is InChI=1S/C9H8ClIN2O4/c1-2-17-8(14)4-6-7(13(15)16)3-5(11)9(10)12-6/h3H,2,4H2,1H3. The van der Waals surface area contributed by atoms with Gasteiger partial charge in [0.2, 0.25) is 0 Å². The fourth-order valence-electron chi connectivity index (χ4n) is 1.13. The number of pyridine rings is 1. The monoisotopic (exact) mass is 370 g/mol. The maximum Gasteiger partial charge on any atom is 0.312 e. The lowest BCUT2D eigenvalue weighted by molar-refractivity contribution is -0.386. The van der Waals surface area contributed by atoms with Crippen LogP contribution in [0.1, 0.15) is 12.6 Å². The number of esters is 1. The van der Waals surface area contributed by atoms with Crippen LogP contribution in [0.15, 0.2) is 6.07 Å². The maximum atomic E-state index is 11.3. The summed E-state index contributed by atoms with van der Waals surface area (Å²) in [6.07, 6.45) is -0.263. The molecule has 0 spiro atoms. The fraction of sp³-hybridized carbons (Fsp3) is 0.333. The van der Waals surface area contributed by atoms with Crippen LogP contribution in [-0.4, -0.2) is 22.5 Å². The van der Waals surface area contributed by atoms with E-state index in [2.05, 4.69) is 4.98 Å². The van der Waals surface area contributed by atoms with Crippen molar-refractivity contribution in [2.24, 2.45) is 0 Å². The third-order valence-corrected chi connectivity index (χ3v) is 3.23. The molecule has 0 aromatic carbocycles. The Bertz CT molecular complexity index is 467. The number of ether oxygens (including phenoxy) is 1. The second kappa shape index (κ2) is 6.10. The van der Waals surface area contributed by atoms with Crippen LogP contribution in [0.2, 0.25) is 5.15 Å². The van der Waals surface area contributed by atoms with E-state index >= 15 is 0 Å². The molecular weight excluding hydrogens is 362 g/mol. The van der Waals surface area contributed by atoms with E-state index < -0.39 is 10.9 Å². The maximum absolute atomic E-state index is 11.3. The van der Waals surface area contributed by atoms with Crippen molar-refractivity contribution in [3.05, 3.63) is 30.6 Å². The molecule has 1 aromatic rings. The van der Waals surface area contributed by atoms with Crippen molar-refractivity contribution >= 4 is 45.8 Å². The zero-order chi connectivity index (χ0) is 13.0. The highest BCUT2D eigenvalue weighted by molar-refractivity contribution is 14.1. The average molecular weight is 371 g/mol. The molecule has 0 fully saturated rings. The van der Waals surface area contributed by atoms with Gasteiger partial charge in [-0.2, -0.15) is 0 Å². The summed E-state index contributed by atoms with van der Waals surface area (Å²) in [6.45, 7) is 1.87. The van der Waals surface area contributed by atoms with Crippen molar-refractivity contribution in [2.45, 2.75) is 13.3 Å². The number of carbonyl (C=O) groups is 1. The zero-order valence-electron chi connectivity index (χ0n) is 8.77. The molecule has 0 aliphatic carbocycles. The number of rotatable bonds is 4. The minimum absolute atomic E-state index is 0.0128. The van der Waals surface area contributed by atoms with E-state index in [1.165, 1.54) is 6.07 Å². The van der Waals surface area contributed by atoms with Gasteiger partial charge >= 0.3 is 5.97 Å². The Morgan fingerprint density at radius 3 is 2.88 bits per heavy atom. The molecule has 1 aromatic heterocycles. The SMILES string of the molecule is CCOC(=O)Cc1nc(Cl)c(I)cc1[N+](=O)[O-]. The second-order valence-electron chi connectivity index (χ2n) is 2.97. The van der Waals surface area contributed by atoms with E-state index in [0.717, 1.165) is 0 Å². The Kier molecular flexibility index (Phi) is 5.06. The summed E-state index contributed by atoms with van der Waals surface area (Å²) in [4.78, 5) is 25.3. The van der Waals surface area contributed by atoms with Gasteiger partial charge in [-0.1, -0.05) is 11.6 Å². The molecule has 0 aliphatic rings. The van der Waals surface area contributed by atoms with E-state index in [4.69, 9.17) is 16.3 Å². The largest absolute Gasteiger partial charge is 0.466 e. The molecule has 0 atom stereocenters. The van der Waals surface area contributed by atoms with E-state index in [1.54, 1.807) is 6.92 Å². The highest BCUT2D eigenvalue weighted by Gasteiger charge is 2.21. The van der Waals surface area contributed by atoms with E-state index in [9.17, 15) is 14.9 Å². The highest BCUT2D eigenvalue weighted by atomic mass is 127. The Morgan fingerprint density at radius 2 is 2.35 bits per heavy atom. The third-order valence-electron chi connectivity index (χ3n) is 1.80. The predicted octanol–water partition coefficient (Wildman–Crippen LogP) is 2.35. The molecule has 1 rings (SSSR count). The Labute approximate surface area is 116 Å². The Balaban J connectivity index is 3.08. The van der Waals surface area contributed by atoms with E-state index in [0.29, 0.717) is 3.57 Å². The van der Waals surface area contributed by atoms with Gasteiger partial charge in [0.05, 0.1) is 21.5 Å². The number of nitrogens with zero attached hydrogens (tertiary/aromatic N) is 2. The summed E-state index contributed by atoms with van der Waals surface area (Å²) in [5.74, 6) is -0.569. The van der Waals surface area contributed by atoms with Crippen molar-refractivity contribution in [1.29, 1.82) is 0 Å². The first-order chi connectivity index (χ1) is 7.95. The number of nitro groups is 1. The van der Waals surface area contributed by atoms with Crippen LogP contribution >= 0.6 is 34.2 Å². The van der Waals surface area contributed by atoms with Crippen molar-refractivity contribution in [1.82, 2.24) is 4.98 Å². The number of hydrogen-bond acceptors (Lipinski definition) is 5. The van der Waals surface area contributed by atoms with Crippen molar-refractivity contribution in [3.8, 4) is 0 Å². The number of aromatic nitrogens is 1. The van der Waals surface area contributed by atoms with Gasteiger partial charge in [-0.25, -0.2) is 4.98 Å². The van der Waals surface area contributed by atoms with E-state index in [-0.39, 0.29) is 29.6 Å². The minimum atomic E-state index is -0.597. The quantitative estimate of drug-likeness (QED) is 0.267. The summed E-state index contributed by atoms with van der Waals surface area (Å²) in [7, 11) is 0. The fourth-order valence-corrected chi connectivity index (χ4v) is 1.70. The summed E-state index contributed by atoms with van der Waals surface area (Å²) in [5, 5.41) is 10.9. The van der Waals surface area contributed by atoms with Gasteiger partial charge in [0.1, 0.15) is 10.8 Å². The lowest BCUT2D eigenvalue weighted by atomic mass is 10.2. The molecule has 0 bridgehead atoms. The zero-order valence-corrected chi connectivity index (χ0v) is 11.7. The van der Waals surface area contributed by atoms with Crippen LogP contribution in [0.5, 0.6) is 0 Å². The molecule has 17 heavy (non-hydrogen) atoms. The highest BCUT2D eigenvalue weighted by Crippen LogP contribution is 2.25. The normalized spacial score (nSPS) is 10.1. The third kappa shape index (κ3) is 3.77. The number of halogens is 2. The van der Waals surface area contributed by atoms with Gasteiger partial charge < -0.3 is 4.74 Å². The Hall–Kier alpha value is -0.960. The van der Waals surface area contributed by atoms with Gasteiger partial charge in [-0.3, -0.25) is 14.9 Å². The minimum Gasteiger partial charge on any atom is -0.466 e. The van der Waals surface area contributed by atoms with Gasteiger partial charge in [0, 0.05) is 6.07 Å². The van der Waals surface area contributed by atoms with Crippen LogP contribution in [0.3, 0.4) is 0 Å². The molecule has 8 heteroatoms. The van der Waals surface area contributed by atoms with Crippen LogP contribution in [0.4, 0.5) is 5.69 Å². The van der Waals surface area contributed by atoms with E-state index in [1.807, 2.05) is 22.6 Å². The first-order valence-corrected chi connectivity index (χ1v) is 6.06. The topological polar surface area (TPSA) is 82.3 Å². The molecule has 0 aliphatic heterocycles. The molecule has 0 saturated heterocycles. The molecule has 0 radical (unpaired) electrons. The van der Waals surface area contributed by atoms with Gasteiger partial charge in [0.15, 0.2) is 0 Å². The van der Waals surface area contributed by atoms with Gasteiger partial charge in [0.25, 0.3) is 5.69 Å². The first kappa shape index (κ1) is 14.1. The first-order valence-electron chi connectivity index (χ1n) is 4.60. The van der Waals surface area contributed by atoms with Crippen molar-refractivity contribution in [2.75, 3.05) is 6.61 Å². The molecule has 0 amide bonds. The summed E-state index contributed by atoms with van der Waals surface area (Å²) in [5.41, 5.74) is -0.217. The summed E-state index contributed by atoms with van der Waals surface area (Å²) >= 11 is 7.59. The van der Waals surface area contributed by atoms with Crippen LogP contribution in [0, 0.1) is 13.7 Å². The summed E-state index contributed by atoms with van der Waals surface area (Å²) in [6, 6.07) is 1.28. The lowest BCUT2D eigenvalue weighted by Gasteiger charge is -2.04. The van der Waals surface area contributed by atoms with Crippen LogP contribution in [0.25, 0.3) is 0 Å². The Morgan fingerprint density at radius 1 is 1.71 bits per heavy atom. The van der Waals surface area contributed by atoms with Crippen molar-refractivity contribution in [3.63, 3.8) is 0 Å². The molecule has 1 heterocycles. The molecule has 92 valence electrons. The second-order valence-corrected chi connectivity index (χ2v) is 4.49. The lowest BCUT2D eigenvalue weighted by Crippen LogP contribution is -2.11. The van der Waals surface area contributed by atoms with Gasteiger partial charge in [-0.05, 0) is 29.5 Å². The molecule has 0 unspecified atom stereocenters. The predicted molar refractivity (Wildman–Crippen MR) is 69.0 cm³/mol. The van der Waals surface area contributed by atoms with Crippen LogP contribution in [-0.2, 0) is 16.0 Å². The molecule has 0 N–H and O–H groups in total. The average Bonchev–Trinajstić information content (AvgIpc) is 2.23. The molecule has 0 saturated carbocycles. The number of carbonyl (C=O) groups excluding carboxylic acids is 1. The van der Waals surface area contributed by atoms with Crippen LogP contribution < -0.4 is 0 Å². The van der Waals surface area contributed by atoms with Crippen molar-refractivity contribution < 1.29 is 14.5 Å². The number of hydrogen-bond donors (Lipinski definition) is 0. The summed E-state index contributed by atoms with van der Waals surface area (Å²) < 4.78 is 5.17.